The molecule has 0 radical (unpaired) electrons. The van der Waals surface area contributed by atoms with Gasteiger partial charge in [0, 0.05) is 18.9 Å². The molecule has 20 heavy (non-hydrogen) atoms. The Hall–Kier alpha value is -2.38. The third kappa shape index (κ3) is 3.81. The molecule has 0 amide bonds. The number of hydrogen-bond donors (Lipinski definition) is 0. The maximum atomic E-state index is 12.1. The molecule has 0 aliphatic carbocycles. The largest absolute Gasteiger partial charge is 0.468 e. The van der Waals surface area contributed by atoms with E-state index in [1.54, 1.807) is 6.92 Å². The minimum Gasteiger partial charge on any atom is -0.468 e. The summed E-state index contributed by atoms with van der Waals surface area (Å²) in [4.78, 5) is 40.1. The number of aryl methyl sites for hydroxylation is 1. The third-order valence-electron chi connectivity index (χ3n) is 2.63. The number of carbonyl (C=O) groups excluding carboxylic acids is 2. The van der Waals surface area contributed by atoms with Gasteiger partial charge in [-0.3, -0.25) is 14.4 Å². The molecule has 0 bridgehead atoms. The normalized spacial score (nSPS) is 9.95. The van der Waals surface area contributed by atoms with Crippen LogP contribution in [0.25, 0.3) is 0 Å². The lowest BCUT2D eigenvalue weighted by atomic mass is 10.4. The number of ether oxygens (including phenoxy) is 2. The first-order valence-electron chi connectivity index (χ1n) is 5.97. The van der Waals surface area contributed by atoms with E-state index in [4.69, 9.17) is 0 Å². The summed E-state index contributed by atoms with van der Waals surface area (Å²) in [6.07, 6.45) is 2.96. The van der Waals surface area contributed by atoms with Crippen molar-refractivity contribution in [3.05, 3.63) is 22.7 Å². The molecule has 0 aliphatic heterocycles. The number of carbonyl (C=O) groups is 2. The molecule has 8 nitrogen and oxygen atoms in total. The smallest absolute Gasteiger partial charge is 0.325 e. The Labute approximate surface area is 115 Å². The SMILES string of the molecule is CCn1ccnc(N(CC(=O)OC)CC(=O)OC)c1=O. The Kier molecular flexibility index (Phi) is 5.70. The van der Waals surface area contributed by atoms with E-state index in [0.717, 1.165) is 0 Å². The molecule has 0 aromatic carbocycles. The van der Waals surface area contributed by atoms with Crippen molar-refractivity contribution in [2.75, 3.05) is 32.2 Å². The summed E-state index contributed by atoms with van der Waals surface area (Å²) in [5.41, 5.74) is -0.386. The Balaban J connectivity index is 3.12. The highest BCUT2D eigenvalue weighted by molar-refractivity contribution is 5.80. The minimum atomic E-state index is -0.581. The summed E-state index contributed by atoms with van der Waals surface area (Å²) in [5, 5.41) is 0. The van der Waals surface area contributed by atoms with Crippen LogP contribution in [0.5, 0.6) is 0 Å². The van der Waals surface area contributed by atoms with Gasteiger partial charge in [-0.15, -0.1) is 0 Å². The van der Waals surface area contributed by atoms with Gasteiger partial charge < -0.3 is 18.9 Å². The van der Waals surface area contributed by atoms with Gasteiger partial charge in [0.25, 0.3) is 5.56 Å². The molecule has 0 spiro atoms. The van der Waals surface area contributed by atoms with Crippen LogP contribution in [-0.2, 0) is 25.6 Å². The second-order valence-corrected chi connectivity index (χ2v) is 3.85. The fourth-order valence-electron chi connectivity index (χ4n) is 1.55. The molecule has 0 atom stereocenters. The van der Waals surface area contributed by atoms with Crippen molar-refractivity contribution in [1.29, 1.82) is 0 Å². The van der Waals surface area contributed by atoms with E-state index >= 15 is 0 Å². The molecule has 0 unspecified atom stereocenters. The number of methoxy groups -OCH3 is 2. The van der Waals surface area contributed by atoms with Crippen LogP contribution in [0.3, 0.4) is 0 Å². The number of aromatic nitrogens is 2. The molecule has 0 saturated heterocycles. The maximum absolute atomic E-state index is 12.1. The highest BCUT2D eigenvalue weighted by Gasteiger charge is 2.20. The number of esters is 2. The molecule has 0 fully saturated rings. The Bertz CT molecular complexity index is 522. The van der Waals surface area contributed by atoms with Crippen molar-refractivity contribution in [3.63, 3.8) is 0 Å². The predicted octanol–water partition coefficient (Wildman–Crippen LogP) is -0.584. The zero-order valence-electron chi connectivity index (χ0n) is 11.7. The first-order valence-corrected chi connectivity index (χ1v) is 5.97. The standard InChI is InChI=1S/C12H17N3O5/c1-4-14-6-5-13-11(12(14)18)15(7-9(16)19-2)8-10(17)20-3/h5-6H,4,7-8H2,1-3H3. The number of rotatable bonds is 6. The van der Waals surface area contributed by atoms with Gasteiger partial charge in [0.05, 0.1) is 14.2 Å². The van der Waals surface area contributed by atoms with Crippen LogP contribution in [0, 0.1) is 0 Å². The lowest BCUT2D eigenvalue weighted by Crippen LogP contribution is -2.40. The van der Waals surface area contributed by atoms with E-state index in [2.05, 4.69) is 14.5 Å². The van der Waals surface area contributed by atoms with Crippen molar-refractivity contribution in [3.8, 4) is 0 Å². The molecule has 1 aromatic rings. The van der Waals surface area contributed by atoms with E-state index in [1.807, 2.05) is 0 Å². The summed E-state index contributed by atoms with van der Waals surface area (Å²) >= 11 is 0. The molecule has 1 heterocycles. The van der Waals surface area contributed by atoms with Crippen LogP contribution in [0.4, 0.5) is 5.82 Å². The van der Waals surface area contributed by atoms with Gasteiger partial charge in [-0.25, -0.2) is 4.98 Å². The van der Waals surface area contributed by atoms with Gasteiger partial charge in [-0.05, 0) is 6.92 Å². The molecule has 0 N–H and O–H groups in total. The van der Waals surface area contributed by atoms with Crippen LogP contribution in [0.15, 0.2) is 17.2 Å². The average molecular weight is 283 g/mol. The molecule has 8 heteroatoms. The van der Waals surface area contributed by atoms with Gasteiger partial charge in [-0.2, -0.15) is 0 Å². The molecule has 0 aliphatic rings. The molecule has 110 valence electrons. The number of hydrogen-bond acceptors (Lipinski definition) is 7. The van der Waals surface area contributed by atoms with Crippen molar-refractivity contribution < 1.29 is 19.1 Å². The van der Waals surface area contributed by atoms with Crippen molar-refractivity contribution in [1.82, 2.24) is 9.55 Å². The second kappa shape index (κ2) is 7.27. The van der Waals surface area contributed by atoms with Crippen LogP contribution < -0.4 is 10.5 Å². The molecule has 1 aromatic heterocycles. The summed E-state index contributed by atoms with van der Waals surface area (Å²) in [5.74, 6) is -1.16. The first kappa shape index (κ1) is 15.7. The second-order valence-electron chi connectivity index (χ2n) is 3.85. The lowest BCUT2D eigenvalue weighted by molar-refractivity contribution is -0.140. The van der Waals surface area contributed by atoms with E-state index in [9.17, 15) is 14.4 Å². The van der Waals surface area contributed by atoms with Crippen molar-refractivity contribution >= 4 is 17.8 Å². The monoisotopic (exact) mass is 283 g/mol. The predicted molar refractivity (Wildman–Crippen MR) is 70.4 cm³/mol. The summed E-state index contributed by atoms with van der Waals surface area (Å²) in [6.45, 7) is 1.73. The van der Waals surface area contributed by atoms with E-state index in [0.29, 0.717) is 6.54 Å². The van der Waals surface area contributed by atoms with Gasteiger partial charge in [-0.1, -0.05) is 0 Å². The van der Waals surface area contributed by atoms with E-state index in [-0.39, 0.29) is 24.5 Å². The topological polar surface area (TPSA) is 90.7 Å². The highest BCUT2D eigenvalue weighted by atomic mass is 16.5. The van der Waals surface area contributed by atoms with Crippen molar-refractivity contribution in [2.45, 2.75) is 13.5 Å². The lowest BCUT2D eigenvalue weighted by Gasteiger charge is -2.20. The molecule has 0 saturated carbocycles. The zero-order valence-corrected chi connectivity index (χ0v) is 11.7. The fraction of sp³-hybridized carbons (Fsp3) is 0.500. The Morgan fingerprint density at radius 1 is 1.25 bits per heavy atom. The summed E-state index contributed by atoms with van der Waals surface area (Å²) < 4.78 is 10.5. The number of anilines is 1. The zero-order chi connectivity index (χ0) is 15.1. The van der Waals surface area contributed by atoms with Gasteiger partial charge in [0.2, 0.25) is 0 Å². The van der Waals surface area contributed by atoms with Gasteiger partial charge in [0.15, 0.2) is 5.82 Å². The first-order chi connectivity index (χ1) is 9.53. The number of nitrogens with zero attached hydrogens (tertiary/aromatic N) is 3. The molecular formula is C12H17N3O5. The van der Waals surface area contributed by atoms with Crippen LogP contribution in [-0.4, -0.2) is 48.8 Å². The Morgan fingerprint density at radius 2 is 1.80 bits per heavy atom. The van der Waals surface area contributed by atoms with Gasteiger partial charge >= 0.3 is 11.9 Å². The highest BCUT2D eigenvalue weighted by Crippen LogP contribution is 2.04. The van der Waals surface area contributed by atoms with E-state index in [1.165, 1.54) is 36.1 Å². The van der Waals surface area contributed by atoms with Crippen LogP contribution in [0.2, 0.25) is 0 Å². The molecule has 1 rings (SSSR count). The quantitative estimate of drug-likeness (QED) is 0.645. The maximum Gasteiger partial charge on any atom is 0.325 e. The van der Waals surface area contributed by atoms with Crippen molar-refractivity contribution in [2.24, 2.45) is 0 Å². The third-order valence-corrected chi connectivity index (χ3v) is 2.63. The summed E-state index contributed by atoms with van der Waals surface area (Å²) in [6, 6.07) is 0. The van der Waals surface area contributed by atoms with Gasteiger partial charge in [0.1, 0.15) is 13.1 Å². The van der Waals surface area contributed by atoms with Crippen LogP contribution in [0.1, 0.15) is 6.92 Å². The van der Waals surface area contributed by atoms with Crippen LogP contribution >= 0.6 is 0 Å². The fourth-order valence-corrected chi connectivity index (χ4v) is 1.55. The average Bonchev–Trinajstić information content (AvgIpc) is 2.46. The minimum absolute atomic E-state index is 0.00477. The summed E-state index contributed by atoms with van der Waals surface area (Å²) in [7, 11) is 2.45. The Morgan fingerprint density at radius 3 is 2.25 bits per heavy atom. The molecular weight excluding hydrogens is 266 g/mol. The van der Waals surface area contributed by atoms with E-state index < -0.39 is 11.9 Å².